The minimum atomic E-state index is -0.288. The summed E-state index contributed by atoms with van der Waals surface area (Å²) in [4.78, 5) is 14.0. The van der Waals surface area contributed by atoms with Crippen LogP contribution >= 0.6 is 0 Å². The zero-order chi connectivity index (χ0) is 27.0. The molecule has 0 fully saturated rings. The molecule has 10 heteroatoms. The highest BCUT2D eigenvalue weighted by Crippen LogP contribution is 2.31. The molecule has 0 radical (unpaired) electrons. The second-order valence-corrected chi connectivity index (χ2v) is 8.90. The second kappa shape index (κ2) is 16.7. The average molecular weight is 530 g/mol. The van der Waals surface area contributed by atoms with Crippen molar-refractivity contribution in [3.05, 3.63) is 48.0 Å². The van der Waals surface area contributed by atoms with Gasteiger partial charge in [0.05, 0.1) is 39.5 Å². The van der Waals surface area contributed by atoms with E-state index in [1.54, 1.807) is 6.07 Å². The minimum Gasteiger partial charge on any atom is -0.506 e. The van der Waals surface area contributed by atoms with Crippen molar-refractivity contribution in [3.63, 3.8) is 0 Å². The van der Waals surface area contributed by atoms with Crippen molar-refractivity contribution >= 4 is 17.0 Å². The zero-order valence-corrected chi connectivity index (χ0v) is 22.1. The number of hydrogen-bond donors (Lipinski definition) is 2. The Morgan fingerprint density at radius 2 is 1.53 bits per heavy atom. The normalized spacial score (nSPS) is 12.2. The number of ether oxygens (including phenoxy) is 4. The molecule has 3 rings (SSSR count). The quantitative estimate of drug-likeness (QED) is 0.176. The van der Waals surface area contributed by atoms with Gasteiger partial charge >= 0.3 is 5.97 Å². The number of fused-ring (bicyclic) bond motifs is 1. The lowest BCUT2D eigenvalue weighted by Gasteiger charge is -2.18. The molecule has 0 bridgehead atoms. The van der Waals surface area contributed by atoms with Gasteiger partial charge in [-0.25, -0.2) is 0 Å². The number of unbranched alkanes of at least 4 members (excludes halogenated alkanes) is 1. The monoisotopic (exact) mass is 529 g/mol. The molecule has 0 aliphatic rings. The van der Waals surface area contributed by atoms with Gasteiger partial charge in [0.1, 0.15) is 29.1 Å². The molecule has 0 spiro atoms. The number of phenols is 1. The largest absolute Gasteiger partial charge is 0.506 e. The third kappa shape index (κ3) is 9.68. The van der Waals surface area contributed by atoms with Crippen LogP contribution < -0.4 is 0 Å². The van der Waals surface area contributed by atoms with Gasteiger partial charge in [0.15, 0.2) is 0 Å². The zero-order valence-electron chi connectivity index (χ0n) is 22.1. The molecule has 0 aliphatic heterocycles. The van der Waals surface area contributed by atoms with E-state index in [0.717, 1.165) is 35.9 Å². The van der Waals surface area contributed by atoms with Crippen molar-refractivity contribution in [2.45, 2.75) is 44.9 Å². The fraction of sp³-hybridized carbons (Fsp3) is 0.536. The van der Waals surface area contributed by atoms with Crippen molar-refractivity contribution < 1.29 is 34.0 Å². The van der Waals surface area contributed by atoms with Gasteiger partial charge in [-0.15, -0.1) is 15.0 Å². The SMILES string of the molecule is CCCCC(CC(=O)OCCOCCOCCOCCCO)c1ccc(O)c(-n2nc3ccccc3n2)c1. The van der Waals surface area contributed by atoms with E-state index in [1.807, 2.05) is 36.4 Å². The van der Waals surface area contributed by atoms with E-state index >= 15 is 0 Å². The van der Waals surface area contributed by atoms with Crippen LogP contribution in [0.25, 0.3) is 16.7 Å². The molecule has 0 saturated carbocycles. The van der Waals surface area contributed by atoms with Crippen molar-refractivity contribution in [2.24, 2.45) is 0 Å². The summed E-state index contributed by atoms with van der Waals surface area (Å²) in [6.45, 7) is 5.01. The van der Waals surface area contributed by atoms with Gasteiger partial charge in [-0.2, -0.15) is 0 Å². The van der Waals surface area contributed by atoms with Gasteiger partial charge in [-0.1, -0.05) is 38.0 Å². The lowest BCUT2D eigenvalue weighted by molar-refractivity contribution is -0.145. The molecular weight excluding hydrogens is 490 g/mol. The summed E-state index contributed by atoms with van der Waals surface area (Å²) >= 11 is 0. The smallest absolute Gasteiger partial charge is 0.306 e. The van der Waals surface area contributed by atoms with Gasteiger partial charge in [-0.05, 0) is 48.6 Å². The number of aliphatic hydroxyl groups is 1. The van der Waals surface area contributed by atoms with E-state index in [4.69, 9.17) is 24.1 Å². The van der Waals surface area contributed by atoms with Crippen LogP contribution in [-0.4, -0.2) is 84.0 Å². The first-order valence-electron chi connectivity index (χ1n) is 13.3. The van der Waals surface area contributed by atoms with Crippen LogP contribution in [0, 0.1) is 0 Å². The number of carbonyl (C=O) groups is 1. The number of benzene rings is 2. The summed E-state index contributed by atoms with van der Waals surface area (Å²) in [7, 11) is 0. The van der Waals surface area contributed by atoms with Crippen LogP contribution in [0.5, 0.6) is 5.75 Å². The Kier molecular flexibility index (Phi) is 13.0. The summed E-state index contributed by atoms with van der Waals surface area (Å²) in [6, 6.07) is 12.8. The highest BCUT2D eigenvalue weighted by molar-refractivity contribution is 5.74. The number of nitrogens with zero attached hydrogens (tertiary/aromatic N) is 3. The number of aromatic hydroxyl groups is 1. The Bertz CT molecular complexity index is 1070. The summed E-state index contributed by atoms with van der Waals surface area (Å²) in [5.74, 6) is -0.273. The first kappa shape index (κ1) is 29.5. The molecule has 0 saturated heterocycles. The van der Waals surface area contributed by atoms with Crippen LogP contribution in [0.15, 0.2) is 42.5 Å². The number of hydrogen-bond acceptors (Lipinski definition) is 9. The van der Waals surface area contributed by atoms with Crippen LogP contribution in [0.3, 0.4) is 0 Å². The Morgan fingerprint density at radius 1 is 0.895 bits per heavy atom. The first-order chi connectivity index (χ1) is 18.6. The van der Waals surface area contributed by atoms with Crippen LogP contribution in [0.4, 0.5) is 0 Å². The molecule has 1 aromatic heterocycles. The molecule has 0 amide bonds. The van der Waals surface area contributed by atoms with Crippen molar-refractivity contribution in [1.82, 2.24) is 15.0 Å². The highest BCUT2D eigenvalue weighted by atomic mass is 16.6. The van der Waals surface area contributed by atoms with Gasteiger partial charge in [0.25, 0.3) is 0 Å². The summed E-state index contributed by atoms with van der Waals surface area (Å²) < 4.78 is 21.6. The Hall–Kier alpha value is -3.05. The molecule has 10 nitrogen and oxygen atoms in total. The summed E-state index contributed by atoms with van der Waals surface area (Å²) in [6.07, 6.45) is 3.65. The van der Waals surface area contributed by atoms with Crippen molar-refractivity contribution in [1.29, 1.82) is 0 Å². The predicted molar refractivity (Wildman–Crippen MR) is 143 cm³/mol. The molecule has 0 aliphatic carbocycles. The number of aromatic nitrogens is 3. The van der Waals surface area contributed by atoms with Crippen LogP contribution in [0.2, 0.25) is 0 Å². The average Bonchev–Trinajstić information content (AvgIpc) is 3.36. The number of aliphatic hydroxyl groups excluding tert-OH is 1. The lowest BCUT2D eigenvalue weighted by Crippen LogP contribution is -2.16. The first-order valence-corrected chi connectivity index (χ1v) is 13.3. The molecular formula is C28H39N3O7. The Balaban J connectivity index is 1.46. The van der Waals surface area contributed by atoms with E-state index < -0.39 is 0 Å². The number of phenolic OH excluding ortho intramolecular Hbond substituents is 1. The van der Waals surface area contributed by atoms with E-state index in [-0.39, 0.29) is 37.3 Å². The Morgan fingerprint density at radius 3 is 2.16 bits per heavy atom. The van der Waals surface area contributed by atoms with E-state index in [1.165, 1.54) is 4.80 Å². The Labute approximate surface area is 223 Å². The van der Waals surface area contributed by atoms with E-state index in [9.17, 15) is 9.90 Å². The minimum absolute atomic E-state index is 0.0549. The molecule has 208 valence electrons. The van der Waals surface area contributed by atoms with Gasteiger partial charge in [0, 0.05) is 13.2 Å². The number of carbonyl (C=O) groups excluding carboxylic acids is 1. The third-order valence-electron chi connectivity index (χ3n) is 5.97. The summed E-state index contributed by atoms with van der Waals surface area (Å²) in [5.41, 5.74) is 2.88. The van der Waals surface area contributed by atoms with Crippen molar-refractivity contribution in [3.8, 4) is 11.4 Å². The second-order valence-electron chi connectivity index (χ2n) is 8.90. The molecule has 1 atom stereocenters. The summed E-state index contributed by atoms with van der Waals surface area (Å²) in [5, 5.41) is 28.1. The number of rotatable bonds is 19. The molecule has 2 N–H and O–H groups in total. The standard InChI is InChI=1S/C28H39N3O7/c1-2-3-7-22(21-28(34)38-19-18-37-17-16-36-15-14-35-13-6-12-32)23-10-11-27(33)26(20-23)31-29-24-8-4-5-9-25(24)30-31/h4-5,8-11,20,22,32-33H,2-3,6-7,12-19,21H2,1H3. The topological polar surface area (TPSA) is 125 Å². The van der Waals surface area contributed by atoms with Gasteiger partial charge < -0.3 is 29.2 Å². The third-order valence-corrected chi connectivity index (χ3v) is 5.97. The van der Waals surface area contributed by atoms with E-state index in [0.29, 0.717) is 51.7 Å². The van der Waals surface area contributed by atoms with E-state index in [2.05, 4.69) is 17.1 Å². The molecule has 1 heterocycles. The fourth-order valence-corrected chi connectivity index (χ4v) is 3.94. The van der Waals surface area contributed by atoms with Crippen LogP contribution in [-0.2, 0) is 23.7 Å². The maximum Gasteiger partial charge on any atom is 0.306 e. The fourth-order valence-electron chi connectivity index (χ4n) is 3.94. The highest BCUT2D eigenvalue weighted by Gasteiger charge is 2.19. The van der Waals surface area contributed by atoms with Gasteiger partial charge in [-0.3, -0.25) is 4.79 Å². The lowest BCUT2D eigenvalue weighted by atomic mass is 9.90. The molecule has 3 aromatic rings. The predicted octanol–water partition coefficient (Wildman–Crippen LogP) is 3.77. The molecule has 1 unspecified atom stereocenters. The van der Waals surface area contributed by atoms with Crippen molar-refractivity contribution in [2.75, 3.05) is 52.9 Å². The molecule has 2 aromatic carbocycles. The maximum atomic E-state index is 12.6. The van der Waals surface area contributed by atoms with Crippen LogP contribution in [0.1, 0.15) is 50.5 Å². The van der Waals surface area contributed by atoms with Gasteiger partial charge in [0.2, 0.25) is 0 Å². The molecule has 38 heavy (non-hydrogen) atoms. The number of esters is 1. The maximum absolute atomic E-state index is 12.6.